The van der Waals surface area contributed by atoms with Crippen molar-refractivity contribution >= 4 is 17.8 Å². The fourth-order valence-electron chi connectivity index (χ4n) is 1.91. The van der Waals surface area contributed by atoms with Gasteiger partial charge in [0.2, 0.25) is 5.91 Å². The van der Waals surface area contributed by atoms with Crippen LogP contribution in [0.2, 0.25) is 0 Å². The van der Waals surface area contributed by atoms with E-state index in [1.807, 2.05) is 0 Å². The van der Waals surface area contributed by atoms with E-state index in [0.29, 0.717) is 0 Å². The van der Waals surface area contributed by atoms with Gasteiger partial charge in [-0.3, -0.25) is 9.59 Å². The number of hydrogen-bond acceptors (Lipinski definition) is 5. The molecule has 1 heterocycles. The fourth-order valence-corrected chi connectivity index (χ4v) is 1.91. The number of β-amino-alcohol motifs (C(OH)–C–C–N with tert-alkyl or cyclic N) is 1. The number of likely N-dealkylation sites (tertiary alicyclic amines) is 1. The molecule has 1 aliphatic rings. The summed E-state index contributed by atoms with van der Waals surface area (Å²) in [4.78, 5) is 34.1. The van der Waals surface area contributed by atoms with Crippen LogP contribution in [0.4, 0.5) is 0 Å². The highest BCUT2D eigenvalue weighted by atomic mass is 16.4. The monoisotopic (exact) mass is 260 g/mol. The summed E-state index contributed by atoms with van der Waals surface area (Å²) in [5.74, 6) is -2.92. The maximum absolute atomic E-state index is 11.9. The molecule has 1 aliphatic heterocycles. The van der Waals surface area contributed by atoms with Gasteiger partial charge in [-0.05, 0) is 6.42 Å². The third kappa shape index (κ3) is 3.41. The summed E-state index contributed by atoms with van der Waals surface area (Å²) in [6.45, 7) is -0.0867. The quantitative estimate of drug-likeness (QED) is 0.458. The number of amides is 1. The van der Waals surface area contributed by atoms with Crippen molar-refractivity contribution in [2.24, 2.45) is 5.73 Å². The van der Waals surface area contributed by atoms with E-state index < -0.39 is 36.0 Å². The number of aliphatic carboxylic acids is 2. The zero-order valence-corrected chi connectivity index (χ0v) is 9.65. The molecule has 1 unspecified atom stereocenters. The number of carboxylic acids is 2. The summed E-state index contributed by atoms with van der Waals surface area (Å²) in [6, 6.07) is -2.16. The molecular weight excluding hydrogens is 244 g/mol. The largest absolute Gasteiger partial charge is 0.481 e. The maximum atomic E-state index is 11.9. The van der Waals surface area contributed by atoms with E-state index in [4.69, 9.17) is 15.9 Å². The van der Waals surface area contributed by atoms with Gasteiger partial charge >= 0.3 is 11.9 Å². The SMILES string of the molecule is N[C@@H](CCC(=O)O)C(=O)N1CC(O)C[C@H]1C(=O)O. The van der Waals surface area contributed by atoms with Crippen LogP contribution in [-0.2, 0) is 14.4 Å². The Morgan fingerprint density at radius 2 is 1.94 bits per heavy atom. The van der Waals surface area contributed by atoms with Crippen LogP contribution in [0, 0.1) is 0 Å². The summed E-state index contributed by atoms with van der Waals surface area (Å²) in [5, 5.41) is 26.8. The molecule has 1 rings (SSSR count). The summed E-state index contributed by atoms with van der Waals surface area (Å²) < 4.78 is 0. The second kappa shape index (κ2) is 5.78. The third-order valence-electron chi connectivity index (χ3n) is 2.83. The Bertz CT molecular complexity index is 358. The molecule has 102 valence electrons. The number of carboxylic acid groups (broad SMARTS) is 2. The van der Waals surface area contributed by atoms with Crippen LogP contribution >= 0.6 is 0 Å². The molecule has 0 aliphatic carbocycles. The molecule has 1 amide bonds. The minimum absolute atomic E-state index is 0.0350. The van der Waals surface area contributed by atoms with Crippen LogP contribution in [-0.4, -0.2) is 62.8 Å². The van der Waals surface area contributed by atoms with Crippen molar-refractivity contribution in [2.45, 2.75) is 37.5 Å². The molecule has 3 atom stereocenters. The lowest BCUT2D eigenvalue weighted by molar-refractivity contribution is -0.149. The van der Waals surface area contributed by atoms with Gasteiger partial charge in [0.15, 0.2) is 0 Å². The zero-order valence-electron chi connectivity index (χ0n) is 9.65. The van der Waals surface area contributed by atoms with Gasteiger partial charge in [0, 0.05) is 19.4 Å². The first-order valence-electron chi connectivity index (χ1n) is 5.51. The predicted molar refractivity (Wildman–Crippen MR) is 58.6 cm³/mol. The van der Waals surface area contributed by atoms with E-state index in [1.54, 1.807) is 0 Å². The van der Waals surface area contributed by atoms with Gasteiger partial charge in [-0.2, -0.15) is 0 Å². The smallest absolute Gasteiger partial charge is 0.326 e. The molecule has 5 N–H and O–H groups in total. The molecule has 1 fully saturated rings. The summed E-state index contributed by atoms with van der Waals surface area (Å²) in [6.07, 6.45) is -1.25. The van der Waals surface area contributed by atoms with Crippen molar-refractivity contribution < 1.29 is 29.7 Å². The number of carbonyl (C=O) groups is 3. The first-order chi connectivity index (χ1) is 8.32. The van der Waals surface area contributed by atoms with E-state index >= 15 is 0 Å². The fraction of sp³-hybridized carbons (Fsp3) is 0.700. The summed E-state index contributed by atoms with van der Waals surface area (Å²) in [7, 11) is 0. The standard InChI is InChI=1S/C10H16N2O6/c11-6(1-2-8(14)15)9(16)12-4-5(13)3-7(12)10(17)18/h5-7,13H,1-4,11H2,(H,14,15)(H,17,18)/t5?,6-,7-/m0/s1. The molecule has 0 aromatic rings. The van der Waals surface area contributed by atoms with E-state index in [2.05, 4.69) is 0 Å². The average molecular weight is 260 g/mol. The average Bonchev–Trinajstić information content (AvgIpc) is 2.67. The molecule has 0 bridgehead atoms. The number of nitrogens with zero attached hydrogens (tertiary/aromatic N) is 1. The topological polar surface area (TPSA) is 141 Å². The molecule has 8 heteroatoms. The minimum atomic E-state index is -1.20. The highest BCUT2D eigenvalue weighted by Crippen LogP contribution is 2.19. The van der Waals surface area contributed by atoms with Gasteiger partial charge in [0.25, 0.3) is 0 Å². The van der Waals surface area contributed by atoms with Crippen LogP contribution in [0.25, 0.3) is 0 Å². The van der Waals surface area contributed by atoms with Crippen molar-refractivity contribution in [3.8, 4) is 0 Å². The number of aliphatic hydroxyl groups is 1. The summed E-state index contributed by atoms with van der Waals surface area (Å²) in [5.41, 5.74) is 5.52. The van der Waals surface area contributed by atoms with Crippen molar-refractivity contribution in [1.29, 1.82) is 0 Å². The van der Waals surface area contributed by atoms with E-state index in [9.17, 15) is 19.5 Å². The molecule has 0 aromatic carbocycles. The zero-order chi connectivity index (χ0) is 13.9. The van der Waals surface area contributed by atoms with Crippen LogP contribution in [0.3, 0.4) is 0 Å². The Balaban J connectivity index is 2.64. The number of nitrogens with two attached hydrogens (primary N) is 1. The Morgan fingerprint density at radius 1 is 1.33 bits per heavy atom. The second-order valence-corrected chi connectivity index (χ2v) is 4.27. The van der Waals surface area contributed by atoms with Gasteiger partial charge in [0.05, 0.1) is 12.1 Å². The molecular formula is C10H16N2O6. The number of rotatable bonds is 5. The second-order valence-electron chi connectivity index (χ2n) is 4.27. The van der Waals surface area contributed by atoms with Crippen molar-refractivity contribution in [3.63, 3.8) is 0 Å². The number of aliphatic hydroxyl groups excluding tert-OH is 1. The Kier molecular flexibility index (Phi) is 4.62. The maximum Gasteiger partial charge on any atom is 0.326 e. The molecule has 0 saturated carbocycles. The lowest BCUT2D eigenvalue weighted by Gasteiger charge is -2.24. The van der Waals surface area contributed by atoms with Crippen LogP contribution in [0.5, 0.6) is 0 Å². The van der Waals surface area contributed by atoms with Gasteiger partial charge in [-0.1, -0.05) is 0 Å². The Labute approximate surface area is 103 Å². The molecule has 1 saturated heterocycles. The normalized spacial score (nSPS) is 24.9. The van der Waals surface area contributed by atoms with E-state index in [0.717, 1.165) is 4.90 Å². The third-order valence-corrected chi connectivity index (χ3v) is 2.83. The van der Waals surface area contributed by atoms with Crippen LogP contribution in [0.15, 0.2) is 0 Å². The molecule has 0 spiro atoms. The first kappa shape index (κ1) is 14.4. The molecule has 18 heavy (non-hydrogen) atoms. The predicted octanol–water partition coefficient (Wildman–Crippen LogP) is -1.78. The van der Waals surface area contributed by atoms with Gasteiger partial charge < -0.3 is 26.0 Å². The van der Waals surface area contributed by atoms with Crippen LogP contribution in [0.1, 0.15) is 19.3 Å². The van der Waals surface area contributed by atoms with E-state index in [1.165, 1.54) is 0 Å². The lowest BCUT2D eigenvalue weighted by Crippen LogP contribution is -2.48. The molecule has 0 radical (unpaired) electrons. The van der Waals surface area contributed by atoms with Gasteiger partial charge in [0.1, 0.15) is 6.04 Å². The highest BCUT2D eigenvalue weighted by Gasteiger charge is 2.40. The van der Waals surface area contributed by atoms with Crippen molar-refractivity contribution in [2.75, 3.05) is 6.54 Å². The highest BCUT2D eigenvalue weighted by molar-refractivity contribution is 5.87. The molecule has 0 aromatic heterocycles. The van der Waals surface area contributed by atoms with Crippen molar-refractivity contribution in [3.05, 3.63) is 0 Å². The van der Waals surface area contributed by atoms with Gasteiger partial charge in [-0.15, -0.1) is 0 Å². The lowest BCUT2D eigenvalue weighted by atomic mass is 10.1. The van der Waals surface area contributed by atoms with E-state index in [-0.39, 0.29) is 25.8 Å². The number of carbonyl (C=O) groups excluding carboxylic acids is 1. The Hall–Kier alpha value is -1.67. The van der Waals surface area contributed by atoms with Crippen molar-refractivity contribution in [1.82, 2.24) is 4.90 Å². The van der Waals surface area contributed by atoms with Crippen LogP contribution < -0.4 is 5.73 Å². The summed E-state index contributed by atoms with van der Waals surface area (Å²) >= 11 is 0. The van der Waals surface area contributed by atoms with Gasteiger partial charge in [-0.25, -0.2) is 4.79 Å². The Morgan fingerprint density at radius 3 is 2.44 bits per heavy atom. The molecule has 8 nitrogen and oxygen atoms in total. The first-order valence-corrected chi connectivity index (χ1v) is 5.51. The number of hydrogen-bond donors (Lipinski definition) is 4. The minimum Gasteiger partial charge on any atom is -0.481 e.